The zero-order chi connectivity index (χ0) is 5.98. The van der Waals surface area contributed by atoms with Gasteiger partial charge in [0.15, 0.2) is 0 Å². The maximum Gasteiger partial charge on any atom is 0.138 e. The van der Waals surface area contributed by atoms with Crippen molar-refractivity contribution in [3.63, 3.8) is 0 Å². The lowest BCUT2D eigenvalue weighted by atomic mass is 10.3. The molecule has 0 amide bonds. The van der Waals surface area contributed by atoms with Crippen LogP contribution < -0.4 is 5.73 Å². The lowest BCUT2D eigenvalue weighted by Gasteiger charge is -2.03. The number of amidine groups is 1. The van der Waals surface area contributed by atoms with E-state index in [4.69, 9.17) is 5.73 Å². The van der Waals surface area contributed by atoms with Crippen molar-refractivity contribution < 1.29 is 4.39 Å². The number of dihydropyridines is 1. The van der Waals surface area contributed by atoms with Crippen LogP contribution in [0.3, 0.4) is 0 Å². The third-order valence-electron chi connectivity index (χ3n) is 0.924. The molecule has 1 aliphatic heterocycles. The maximum atomic E-state index is 12.1. The van der Waals surface area contributed by atoms with Crippen LogP contribution in [-0.2, 0) is 0 Å². The highest BCUT2D eigenvalue weighted by molar-refractivity contribution is 5.92. The molecule has 8 heavy (non-hydrogen) atoms. The molecule has 3 heteroatoms. The number of hydrogen-bond acceptors (Lipinski definition) is 2. The Balaban J connectivity index is 2.58. The number of alkyl halides is 1. The molecule has 1 aliphatic rings. The first-order valence-corrected chi connectivity index (χ1v) is 2.41. The molecule has 1 heterocycles. The van der Waals surface area contributed by atoms with Gasteiger partial charge in [0.05, 0.1) is 6.54 Å². The Morgan fingerprint density at radius 2 is 2.62 bits per heavy atom. The Bertz CT molecular complexity index is 139. The summed E-state index contributed by atoms with van der Waals surface area (Å²) in [5.74, 6) is 0.416. The fourth-order valence-electron chi connectivity index (χ4n) is 0.509. The molecule has 0 bridgehead atoms. The molecule has 1 atom stereocenters. The molecule has 2 N–H and O–H groups in total. The van der Waals surface area contributed by atoms with Gasteiger partial charge < -0.3 is 5.73 Å². The van der Waals surface area contributed by atoms with Crippen LogP contribution in [0.5, 0.6) is 0 Å². The molecule has 0 aliphatic carbocycles. The Labute approximate surface area is 46.9 Å². The summed E-state index contributed by atoms with van der Waals surface area (Å²) < 4.78 is 12.1. The molecule has 0 aromatic carbocycles. The van der Waals surface area contributed by atoms with Crippen LogP contribution in [0.4, 0.5) is 4.39 Å². The predicted octanol–water partition coefficient (Wildman–Crippen LogP) is 0.251. The van der Waals surface area contributed by atoms with Gasteiger partial charge in [0.2, 0.25) is 0 Å². The van der Waals surface area contributed by atoms with Crippen LogP contribution in [-0.4, -0.2) is 18.6 Å². The van der Waals surface area contributed by atoms with E-state index in [2.05, 4.69) is 4.99 Å². The number of rotatable bonds is 0. The van der Waals surface area contributed by atoms with E-state index >= 15 is 0 Å². The first-order chi connectivity index (χ1) is 3.79. The third kappa shape index (κ3) is 1.05. The van der Waals surface area contributed by atoms with Gasteiger partial charge in [0.25, 0.3) is 0 Å². The Kier molecular flexibility index (Phi) is 1.28. The van der Waals surface area contributed by atoms with Crippen molar-refractivity contribution in [2.75, 3.05) is 6.54 Å². The van der Waals surface area contributed by atoms with Gasteiger partial charge in [-0.25, -0.2) is 4.39 Å². The molecule has 0 radical (unpaired) electrons. The standard InChI is InChI=1S/C5H7FN2/c6-4-1-2-5(7)8-3-4/h1-2,4H,3H2,(H2,7,8). The highest BCUT2D eigenvalue weighted by atomic mass is 19.1. The molecular formula is C5H7FN2. The minimum absolute atomic E-state index is 0.183. The molecule has 44 valence electrons. The highest BCUT2D eigenvalue weighted by Gasteiger charge is 2.03. The highest BCUT2D eigenvalue weighted by Crippen LogP contribution is 1.98. The molecule has 0 aromatic rings. The van der Waals surface area contributed by atoms with E-state index in [1.807, 2.05) is 0 Å². The van der Waals surface area contributed by atoms with E-state index in [0.29, 0.717) is 5.84 Å². The first-order valence-electron chi connectivity index (χ1n) is 2.41. The largest absolute Gasteiger partial charge is 0.384 e. The number of nitrogens with zero attached hydrogens (tertiary/aromatic N) is 1. The predicted molar refractivity (Wildman–Crippen MR) is 30.5 cm³/mol. The van der Waals surface area contributed by atoms with Gasteiger partial charge in [0.1, 0.15) is 12.0 Å². The smallest absolute Gasteiger partial charge is 0.138 e. The minimum atomic E-state index is -0.928. The van der Waals surface area contributed by atoms with Crippen molar-refractivity contribution >= 4 is 5.84 Å². The Morgan fingerprint density at radius 1 is 1.88 bits per heavy atom. The number of aliphatic imine (C=N–C) groups is 1. The molecular weight excluding hydrogens is 107 g/mol. The van der Waals surface area contributed by atoms with Crippen LogP contribution in [0.2, 0.25) is 0 Å². The summed E-state index contributed by atoms with van der Waals surface area (Å²) in [6.45, 7) is 0.183. The SMILES string of the molecule is NC1=NCC(F)C=C1. The van der Waals surface area contributed by atoms with Crippen LogP contribution >= 0.6 is 0 Å². The van der Waals surface area contributed by atoms with E-state index in [0.717, 1.165) is 0 Å². The summed E-state index contributed by atoms with van der Waals surface area (Å²) in [5.41, 5.74) is 5.19. The van der Waals surface area contributed by atoms with E-state index in [1.165, 1.54) is 12.2 Å². The second-order valence-corrected chi connectivity index (χ2v) is 1.64. The molecule has 1 rings (SSSR count). The average molecular weight is 114 g/mol. The van der Waals surface area contributed by atoms with Gasteiger partial charge in [-0.2, -0.15) is 0 Å². The molecule has 2 nitrogen and oxygen atoms in total. The number of halogens is 1. The van der Waals surface area contributed by atoms with Crippen LogP contribution in [0, 0.1) is 0 Å². The number of nitrogens with two attached hydrogens (primary N) is 1. The van der Waals surface area contributed by atoms with Crippen molar-refractivity contribution in [3.8, 4) is 0 Å². The van der Waals surface area contributed by atoms with Crippen molar-refractivity contribution in [2.45, 2.75) is 6.17 Å². The summed E-state index contributed by atoms with van der Waals surface area (Å²) in [6, 6.07) is 0. The zero-order valence-electron chi connectivity index (χ0n) is 4.34. The van der Waals surface area contributed by atoms with Crippen molar-refractivity contribution in [3.05, 3.63) is 12.2 Å². The molecule has 0 aromatic heterocycles. The van der Waals surface area contributed by atoms with Crippen molar-refractivity contribution in [2.24, 2.45) is 10.7 Å². The molecule has 0 fully saturated rings. The van der Waals surface area contributed by atoms with Crippen molar-refractivity contribution in [1.82, 2.24) is 0 Å². The number of hydrogen-bond donors (Lipinski definition) is 1. The minimum Gasteiger partial charge on any atom is -0.384 e. The van der Waals surface area contributed by atoms with E-state index < -0.39 is 6.17 Å². The normalized spacial score (nSPS) is 27.6. The van der Waals surface area contributed by atoms with E-state index in [-0.39, 0.29) is 6.54 Å². The molecule has 0 saturated carbocycles. The summed E-state index contributed by atoms with van der Waals surface area (Å²) in [6.07, 6.45) is 1.96. The third-order valence-corrected chi connectivity index (χ3v) is 0.924. The Morgan fingerprint density at radius 3 is 3.00 bits per heavy atom. The van der Waals surface area contributed by atoms with Gasteiger partial charge in [-0.3, -0.25) is 4.99 Å². The monoisotopic (exact) mass is 114 g/mol. The van der Waals surface area contributed by atoms with Gasteiger partial charge in [-0.1, -0.05) is 0 Å². The fourth-order valence-corrected chi connectivity index (χ4v) is 0.509. The zero-order valence-corrected chi connectivity index (χ0v) is 4.34. The lowest BCUT2D eigenvalue weighted by Crippen LogP contribution is -2.16. The molecule has 1 unspecified atom stereocenters. The second kappa shape index (κ2) is 1.94. The van der Waals surface area contributed by atoms with Gasteiger partial charge in [0, 0.05) is 0 Å². The molecule has 0 saturated heterocycles. The van der Waals surface area contributed by atoms with Gasteiger partial charge >= 0.3 is 0 Å². The van der Waals surface area contributed by atoms with E-state index in [1.54, 1.807) is 0 Å². The summed E-state index contributed by atoms with van der Waals surface area (Å²) >= 11 is 0. The second-order valence-electron chi connectivity index (χ2n) is 1.64. The topological polar surface area (TPSA) is 38.4 Å². The summed E-state index contributed by atoms with van der Waals surface area (Å²) in [5, 5.41) is 0. The average Bonchev–Trinajstić information content (AvgIpc) is 1.77. The van der Waals surface area contributed by atoms with Crippen LogP contribution in [0.15, 0.2) is 17.1 Å². The summed E-state index contributed by atoms with van der Waals surface area (Å²) in [4.78, 5) is 3.64. The van der Waals surface area contributed by atoms with Crippen LogP contribution in [0.25, 0.3) is 0 Å². The molecule has 0 spiro atoms. The first kappa shape index (κ1) is 5.28. The fraction of sp³-hybridized carbons (Fsp3) is 0.400. The lowest BCUT2D eigenvalue weighted by molar-refractivity contribution is 0.407. The van der Waals surface area contributed by atoms with Gasteiger partial charge in [-0.05, 0) is 12.2 Å². The quantitative estimate of drug-likeness (QED) is 0.481. The van der Waals surface area contributed by atoms with E-state index in [9.17, 15) is 4.39 Å². The maximum absolute atomic E-state index is 12.1. The summed E-state index contributed by atoms with van der Waals surface area (Å²) in [7, 11) is 0. The van der Waals surface area contributed by atoms with Gasteiger partial charge in [-0.15, -0.1) is 0 Å². The van der Waals surface area contributed by atoms with Crippen LogP contribution in [0.1, 0.15) is 0 Å². The van der Waals surface area contributed by atoms with Crippen molar-refractivity contribution in [1.29, 1.82) is 0 Å². The Hall–Kier alpha value is -0.860.